The second-order valence-corrected chi connectivity index (χ2v) is 5.29. The lowest BCUT2D eigenvalue weighted by Gasteiger charge is -2.22. The topological polar surface area (TPSA) is 79.9 Å². The Morgan fingerprint density at radius 2 is 2.17 bits per heavy atom. The Morgan fingerprint density at radius 1 is 1.39 bits per heavy atom. The molecule has 1 aromatic carbocycles. The van der Waals surface area contributed by atoms with Crippen molar-refractivity contribution in [2.24, 2.45) is 0 Å². The van der Waals surface area contributed by atoms with E-state index in [9.17, 15) is 9.18 Å². The van der Waals surface area contributed by atoms with E-state index in [0.717, 1.165) is 18.9 Å². The van der Waals surface area contributed by atoms with E-state index in [2.05, 4.69) is 10.4 Å². The Kier molecular flexibility index (Phi) is 4.35. The molecule has 1 fully saturated rings. The Hall–Kier alpha value is -2.72. The van der Waals surface area contributed by atoms with Crippen molar-refractivity contribution in [3.8, 4) is 6.07 Å². The molecule has 1 amide bonds. The van der Waals surface area contributed by atoms with Gasteiger partial charge in [0.15, 0.2) is 5.69 Å². The van der Waals surface area contributed by atoms with E-state index in [1.807, 2.05) is 6.07 Å². The number of benzene rings is 1. The lowest BCUT2D eigenvalue weighted by atomic mass is 10.1. The first kappa shape index (κ1) is 15.2. The van der Waals surface area contributed by atoms with Crippen LogP contribution in [0.1, 0.15) is 34.9 Å². The molecule has 2 aromatic rings. The van der Waals surface area contributed by atoms with Gasteiger partial charge in [-0.05, 0) is 37.1 Å². The molecule has 0 unspecified atom stereocenters. The van der Waals surface area contributed by atoms with Gasteiger partial charge in [-0.1, -0.05) is 0 Å². The summed E-state index contributed by atoms with van der Waals surface area (Å²) >= 11 is 0. The normalized spacial score (nSPS) is 15.1. The van der Waals surface area contributed by atoms with Gasteiger partial charge < -0.3 is 10.1 Å². The Labute approximate surface area is 132 Å². The minimum Gasteiger partial charge on any atom is -0.381 e. The van der Waals surface area contributed by atoms with Crippen LogP contribution in [0.2, 0.25) is 0 Å². The number of hydrogen-bond donors (Lipinski definition) is 1. The number of nitriles is 1. The lowest BCUT2D eigenvalue weighted by molar-refractivity contribution is 0.0661. The molecule has 0 atom stereocenters. The maximum Gasteiger partial charge on any atom is 0.276 e. The number of amides is 1. The van der Waals surface area contributed by atoms with Gasteiger partial charge in [0.05, 0.1) is 23.4 Å². The van der Waals surface area contributed by atoms with Crippen LogP contribution in [0, 0.1) is 17.1 Å². The zero-order chi connectivity index (χ0) is 16.2. The van der Waals surface area contributed by atoms with Crippen molar-refractivity contribution in [3.05, 3.63) is 47.5 Å². The fourth-order valence-corrected chi connectivity index (χ4v) is 2.49. The third kappa shape index (κ3) is 3.38. The third-order valence-electron chi connectivity index (χ3n) is 3.75. The van der Waals surface area contributed by atoms with E-state index in [4.69, 9.17) is 10.00 Å². The highest BCUT2D eigenvalue weighted by Gasteiger charge is 2.19. The summed E-state index contributed by atoms with van der Waals surface area (Å²) in [6.45, 7) is 1.36. The first-order valence-corrected chi connectivity index (χ1v) is 7.31. The van der Waals surface area contributed by atoms with Crippen LogP contribution in [0.15, 0.2) is 30.5 Å². The van der Waals surface area contributed by atoms with Gasteiger partial charge >= 0.3 is 0 Å². The SMILES string of the molecule is N#Cc1ccc(F)c(NC(=O)c2ccn(C3CCOCC3)n2)c1. The number of nitrogens with one attached hydrogen (secondary N) is 1. The highest BCUT2D eigenvalue weighted by atomic mass is 19.1. The lowest BCUT2D eigenvalue weighted by Crippen LogP contribution is -2.21. The molecule has 1 aliphatic rings. The highest BCUT2D eigenvalue weighted by molar-refractivity contribution is 6.02. The quantitative estimate of drug-likeness (QED) is 0.944. The van der Waals surface area contributed by atoms with E-state index in [1.54, 1.807) is 16.9 Å². The molecule has 1 aromatic heterocycles. The second-order valence-electron chi connectivity index (χ2n) is 5.29. The van der Waals surface area contributed by atoms with Crippen LogP contribution in [0.4, 0.5) is 10.1 Å². The smallest absolute Gasteiger partial charge is 0.276 e. The second kappa shape index (κ2) is 6.58. The van der Waals surface area contributed by atoms with E-state index < -0.39 is 11.7 Å². The molecule has 3 rings (SSSR count). The van der Waals surface area contributed by atoms with E-state index >= 15 is 0 Å². The number of carbonyl (C=O) groups is 1. The van der Waals surface area contributed by atoms with Crippen molar-refractivity contribution in [3.63, 3.8) is 0 Å². The average Bonchev–Trinajstić information content (AvgIpc) is 3.08. The van der Waals surface area contributed by atoms with Gasteiger partial charge in [0, 0.05) is 19.4 Å². The van der Waals surface area contributed by atoms with Crippen molar-refractivity contribution in [2.75, 3.05) is 18.5 Å². The fourth-order valence-electron chi connectivity index (χ4n) is 2.49. The first-order valence-electron chi connectivity index (χ1n) is 7.31. The fraction of sp³-hybridized carbons (Fsp3) is 0.312. The van der Waals surface area contributed by atoms with Crippen LogP contribution < -0.4 is 5.32 Å². The number of anilines is 1. The van der Waals surface area contributed by atoms with Crippen molar-refractivity contribution in [1.29, 1.82) is 5.26 Å². The van der Waals surface area contributed by atoms with Crippen LogP contribution in [-0.4, -0.2) is 28.9 Å². The monoisotopic (exact) mass is 314 g/mol. The molecule has 0 bridgehead atoms. The summed E-state index contributed by atoms with van der Waals surface area (Å²) in [5, 5.41) is 15.6. The zero-order valence-corrected chi connectivity index (χ0v) is 12.3. The van der Waals surface area contributed by atoms with Crippen LogP contribution in [-0.2, 0) is 4.74 Å². The van der Waals surface area contributed by atoms with Crippen molar-refractivity contribution in [1.82, 2.24) is 9.78 Å². The number of carbonyl (C=O) groups excluding carboxylic acids is 1. The molecule has 0 saturated carbocycles. The third-order valence-corrected chi connectivity index (χ3v) is 3.75. The number of aromatic nitrogens is 2. The summed E-state index contributed by atoms with van der Waals surface area (Å²) < 4.78 is 20.8. The predicted octanol–water partition coefficient (Wildman–Crippen LogP) is 2.50. The molecule has 1 saturated heterocycles. The summed E-state index contributed by atoms with van der Waals surface area (Å²) in [4.78, 5) is 12.2. The molecule has 1 aliphatic heterocycles. The molecule has 118 valence electrons. The van der Waals surface area contributed by atoms with Gasteiger partial charge in [-0.3, -0.25) is 9.48 Å². The zero-order valence-electron chi connectivity index (χ0n) is 12.3. The molecule has 2 heterocycles. The predicted molar refractivity (Wildman–Crippen MR) is 80.4 cm³/mol. The molecule has 7 heteroatoms. The van der Waals surface area contributed by atoms with E-state index in [1.165, 1.54) is 12.1 Å². The Bertz CT molecular complexity index is 760. The number of hydrogen-bond acceptors (Lipinski definition) is 4. The van der Waals surface area contributed by atoms with Crippen LogP contribution >= 0.6 is 0 Å². The molecular weight excluding hydrogens is 299 g/mol. The molecule has 0 spiro atoms. The maximum absolute atomic E-state index is 13.7. The molecule has 0 radical (unpaired) electrons. The standard InChI is InChI=1S/C16H15FN4O2/c17-13-2-1-11(10-18)9-15(13)19-16(22)14-3-6-21(20-14)12-4-7-23-8-5-12/h1-3,6,9,12H,4-5,7-8H2,(H,19,22). The molecule has 1 N–H and O–H groups in total. The van der Waals surface area contributed by atoms with Crippen molar-refractivity contribution < 1.29 is 13.9 Å². The average molecular weight is 314 g/mol. The molecule has 23 heavy (non-hydrogen) atoms. The summed E-state index contributed by atoms with van der Waals surface area (Å²) in [5.41, 5.74) is 0.447. The Balaban J connectivity index is 1.74. The van der Waals surface area contributed by atoms with Gasteiger partial charge in [0.25, 0.3) is 5.91 Å². The van der Waals surface area contributed by atoms with Gasteiger partial charge in [-0.25, -0.2) is 4.39 Å². The number of halogens is 1. The molecule has 0 aliphatic carbocycles. The minimum atomic E-state index is -0.596. The van der Waals surface area contributed by atoms with Gasteiger partial charge in [-0.2, -0.15) is 10.4 Å². The van der Waals surface area contributed by atoms with Crippen LogP contribution in [0.25, 0.3) is 0 Å². The van der Waals surface area contributed by atoms with Gasteiger partial charge in [0.2, 0.25) is 0 Å². The van der Waals surface area contributed by atoms with Crippen LogP contribution in [0.5, 0.6) is 0 Å². The Morgan fingerprint density at radius 3 is 2.91 bits per heavy atom. The highest BCUT2D eigenvalue weighted by Crippen LogP contribution is 2.21. The number of ether oxygens (including phenoxy) is 1. The minimum absolute atomic E-state index is 0.0327. The largest absolute Gasteiger partial charge is 0.381 e. The number of rotatable bonds is 3. The molecule has 6 nitrogen and oxygen atoms in total. The van der Waals surface area contributed by atoms with Crippen molar-refractivity contribution in [2.45, 2.75) is 18.9 Å². The summed E-state index contributed by atoms with van der Waals surface area (Å²) in [7, 11) is 0. The number of nitrogens with zero attached hydrogens (tertiary/aromatic N) is 3. The summed E-state index contributed by atoms with van der Waals surface area (Å²) in [5.74, 6) is -1.11. The van der Waals surface area contributed by atoms with E-state index in [0.29, 0.717) is 13.2 Å². The van der Waals surface area contributed by atoms with E-state index in [-0.39, 0.29) is 23.0 Å². The summed E-state index contributed by atoms with van der Waals surface area (Å²) in [6, 6.07) is 7.51. The van der Waals surface area contributed by atoms with Crippen LogP contribution in [0.3, 0.4) is 0 Å². The maximum atomic E-state index is 13.7. The molecular formula is C16H15FN4O2. The van der Waals surface area contributed by atoms with Crippen molar-refractivity contribution >= 4 is 11.6 Å². The summed E-state index contributed by atoms with van der Waals surface area (Å²) in [6.07, 6.45) is 3.44. The van der Waals surface area contributed by atoms with Gasteiger partial charge in [0.1, 0.15) is 5.82 Å². The van der Waals surface area contributed by atoms with Gasteiger partial charge in [-0.15, -0.1) is 0 Å². The first-order chi connectivity index (χ1) is 11.2.